The zero-order valence-corrected chi connectivity index (χ0v) is 15.6. The number of pyridine rings is 1. The molecule has 2 aromatic rings. The molecule has 3 nitrogen and oxygen atoms in total. The fraction of sp³-hybridized carbons (Fsp3) is 0.571. The van der Waals surface area contributed by atoms with Crippen LogP contribution in [0.3, 0.4) is 0 Å². The van der Waals surface area contributed by atoms with Gasteiger partial charge in [-0.15, -0.1) is 0 Å². The highest BCUT2D eigenvalue weighted by atomic mass is 19.1. The van der Waals surface area contributed by atoms with Crippen LogP contribution < -0.4 is 5.43 Å². The van der Waals surface area contributed by atoms with Crippen molar-refractivity contribution in [3.8, 4) is 0 Å². The number of fused-ring (bicyclic) bond motifs is 3. The molecule has 1 aromatic carbocycles. The van der Waals surface area contributed by atoms with E-state index in [4.69, 9.17) is 0 Å². The van der Waals surface area contributed by atoms with Crippen molar-refractivity contribution >= 4 is 10.9 Å². The van der Waals surface area contributed by atoms with Gasteiger partial charge in [0.05, 0.1) is 0 Å². The third kappa shape index (κ3) is 2.91. The largest absolute Gasteiger partial charge is 0.358 e. The number of aromatic amines is 1. The Morgan fingerprint density at radius 1 is 1.28 bits per heavy atom. The highest BCUT2D eigenvalue weighted by Crippen LogP contribution is 2.52. The van der Waals surface area contributed by atoms with Gasteiger partial charge in [-0.25, -0.2) is 4.39 Å². The number of aryl methyl sites for hydroxylation is 1. The molecular formula is C21H27FN2O. The molecule has 1 N–H and O–H groups in total. The summed E-state index contributed by atoms with van der Waals surface area (Å²) in [6, 6.07) is 4.93. The van der Waals surface area contributed by atoms with Crippen LogP contribution in [0.25, 0.3) is 10.9 Å². The van der Waals surface area contributed by atoms with Crippen LogP contribution >= 0.6 is 0 Å². The van der Waals surface area contributed by atoms with Crippen molar-refractivity contribution in [1.82, 2.24) is 9.88 Å². The van der Waals surface area contributed by atoms with E-state index in [0.29, 0.717) is 34.3 Å². The molecule has 2 fully saturated rings. The molecular weight excluding hydrogens is 315 g/mol. The van der Waals surface area contributed by atoms with E-state index < -0.39 is 0 Å². The lowest BCUT2D eigenvalue weighted by molar-refractivity contribution is 0.126. The number of aromatic nitrogens is 1. The first kappa shape index (κ1) is 16.8. The monoisotopic (exact) mass is 342 g/mol. The summed E-state index contributed by atoms with van der Waals surface area (Å²) in [5, 5.41) is 0.453. The van der Waals surface area contributed by atoms with E-state index in [-0.39, 0.29) is 11.2 Å². The SMILES string of the molecule is Cc1[nH]c2ccc(F)cc2c(=O)c1CN1C[C@@]2(C)C[C@H]1CC(C)(C)C2. The second-order valence-electron chi connectivity index (χ2n) is 9.37. The highest BCUT2D eigenvalue weighted by molar-refractivity contribution is 5.79. The van der Waals surface area contributed by atoms with Gasteiger partial charge in [-0.05, 0) is 55.2 Å². The van der Waals surface area contributed by atoms with Crippen molar-refractivity contribution in [2.24, 2.45) is 10.8 Å². The smallest absolute Gasteiger partial charge is 0.194 e. The van der Waals surface area contributed by atoms with Crippen molar-refractivity contribution in [3.05, 3.63) is 45.5 Å². The molecule has 1 aliphatic heterocycles. The van der Waals surface area contributed by atoms with E-state index in [2.05, 4.69) is 30.7 Å². The van der Waals surface area contributed by atoms with Crippen LogP contribution in [0.5, 0.6) is 0 Å². The van der Waals surface area contributed by atoms with Crippen LogP contribution in [-0.4, -0.2) is 22.5 Å². The Bertz CT molecular complexity index is 901. The molecule has 0 amide bonds. The molecule has 4 rings (SSSR count). The molecule has 0 spiro atoms. The van der Waals surface area contributed by atoms with Crippen LogP contribution in [0.4, 0.5) is 4.39 Å². The molecule has 1 saturated heterocycles. The minimum Gasteiger partial charge on any atom is -0.358 e. The van der Waals surface area contributed by atoms with Crippen molar-refractivity contribution in [2.75, 3.05) is 6.54 Å². The zero-order valence-electron chi connectivity index (χ0n) is 15.6. The molecule has 25 heavy (non-hydrogen) atoms. The molecule has 4 heteroatoms. The van der Waals surface area contributed by atoms with Crippen molar-refractivity contribution in [2.45, 2.75) is 59.5 Å². The van der Waals surface area contributed by atoms with Crippen LogP contribution in [0.15, 0.2) is 23.0 Å². The average Bonchev–Trinajstić information content (AvgIpc) is 2.73. The Morgan fingerprint density at radius 3 is 2.80 bits per heavy atom. The number of nitrogens with one attached hydrogen (secondary N) is 1. The van der Waals surface area contributed by atoms with Crippen LogP contribution in [0, 0.1) is 23.6 Å². The van der Waals surface area contributed by atoms with Crippen molar-refractivity contribution in [1.29, 1.82) is 0 Å². The van der Waals surface area contributed by atoms with Crippen molar-refractivity contribution < 1.29 is 4.39 Å². The summed E-state index contributed by atoms with van der Waals surface area (Å²) < 4.78 is 13.6. The van der Waals surface area contributed by atoms with Crippen LogP contribution in [-0.2, 0) is 6.54 Å². The standard InChI is InChI=1S/C21H27FN2O/c1-13-17(19(25)16-7-14(22)5-6-18(16)23-13)10-24-12-21(4)9-15(24)8-20(2,3)11-21/h5-7,15H,8-12H2,1-4H3,(H,23,25)/t15-,21+/m1/s1. The topological polar surface area (TPSA) is 36.1 Å². The third-order valence-corrected chi connectivity index (χ3v) is 6.16. The molecule has 0 radical (unpaired) electrons. The predicted molar refractivity (Wildman–Crippen MR) is 99.2 cm³/mol. The summed E-state index contributed by atoms with van der Waals surface area (Å²) in [5.74, 6) is -0.362. The number of hydrogen-bond donors (Lipinski definition) is 1. The minimum absolute atomic E-state index is 0.0309. The van der Waals surface area contributed by atoms with E-state index in [9.17, 15) is 9.18 Å². The zero-order chi connectivity index (χ0) is 18.0. The average molecular weight is 342 g/mol. The van der Waals surface area contributed by atoms with E-state index in [1.165, 1.54) is 31.4 Å². The van der Waals surface area contributed by atoms with Gasteiger partial charge in [0.2, 0.25) is 0 Å². The first-order chi connectivity index (χ1) is 11.7. The predicted octanol–water partition coefficient (Wildman–Crippen LogP) is 4.38. The number of likely N-dealkylation sites (tertiary alicyclic amines) is 1. The summed E-state index contributed by atoms with van der Waals surface area (Å²) in [4.78, 5) is 18.8. The molecule has 2 aliphatic rings. The summed E-state index contributed by atoms with van der Waals surface area (Å²) in [7, 11) is 0. The molecule has 134 valence electrons. The summed E-state index contributed by atoms with van der Waals surface area (Å²) in [5.41, 5.74) is 3.07. The summed E-state index contributed by atoms with van der Waals surface area (Å²) in [6.45, 7) is 10.8. The Balaban J connectivity index is 1.71. The van der Waals surface area contributed by atoms with Gasteiger partial charge in [0.1, 0.15) is 5.82 Å². The normalized spacial score (nSPS) is 28.6. The number of hydrogen-bond acceptors (Lipinski definition) is 2. The number of halogens is 1. The van der Waals surface area contributed by atoms with Gasteiger partial charge in [-0.2, -0.15) is 0 Å². The number of H-pyrrole nitrogens is 1. The fourth-order valence-electron chi connectivity index (χ4n) is 5.58. The molecule has 1 aliphatic carbocycles. The van der Waals surface area contributed by atoms with Crippen LogP contribution in [0.1, 0.15) is 51.3 Å². The highest BCUT2D eigenvalue weighted by Gasteiger charge is 2.49. The van der Waals surface area contributed by atoms with Crippen molar-refractivity contribution in [3.63, 3.8) is 0 Å². The lowest BCUT2D eigenvalue weighted by Gasteiger charge is -2.40. The lowest BCUT2D eigenvalue weighted by Crippen LogP contribution is -2.35. The molecule has 2 atom stereocenters. The van der Waals surface area contributed by atoms with Gasteiger partial charge in [0.15, 0.2) is 5.43 Å². The van der Waals surface area contributed by atoms with E-state index in [1.54, 1.807) is 6.07 Å². The molecule has 2 heterocycles. The number of benzene rings is 1. The summed E-state index contributed by atoms with van der Waals surface area (Å²) >= 11 is 0. The second-order valence-corrected chi connectivity index (χ2v) is 9.37. The Hall–Kier alpha value is -1.68. The summed E-state index contributed by atoms with van der Waals surface area (Å²) in [6.07, 6.45) is 3.64. The van der Waals surface area contributed by atoms with E-state index >= 15 is 0 Å². The number of rotatable bonds is 2. The Kier molecular flexibility index (Phi) is 3.63. The molecule has 1 aromatic heterocycles. The maximum atomic E-state index is 13.6. The van der Waals surface area contributed by atoms with Gasteiger partial charge in [-0.1, -0.05) is 20.8 Å². The van der Waals surface area contributed by atoms with Gasteiger partial charge in [0.25, 0.3) is 0 Å². The number of nitrogens with zero attached hydrogens (tertiary/aromatic N) is 1. The van der Waals surface area contributed by atoms with Gasteiger partial charge in [0, 0.05) is 41.3 Å². The lowest BCUT2D eigenvalue weighted by atomic mass is 9.65. The van der Waals surface area contributed by atoms with E-state index in [1.807, 2.05) is 6.92 Å². The van der Waals surface area contributed by atoms with Gasteiger partial charge in [-0.3, -0.25) is 9.69 Å². The second kappa shape index (κ2) is 5.41. The maximum Gasteiger partial charge on any atom is 0.194 e. The first-order valence-corrected chi connectivity index (χ1v) is 9.21. The molecule has 1 saturated carbocycles. The maximum absolute atomic E-state index is 13.6. The minimum atomic E-state index is -0.362. The van der Waals surface area contributed by atoms with Gasteiger partial charge >= 0.3 is 0 Å². The van der Waals surface area contributed by atoms with Crippen LogP contribution in [0.2, 0.25) is 0 Å². The Labute approximate surface area is 148 Å². The first-order valence-electron chi connectivity index (χ1n) is 9.21. The van der Waals surface area contributed by atoms with Gasteiger partial charge < -0.3 is 4.98 Å². The quantitative estimate of drug-likeness (QED) is 0.879. The fourth-order valence-corrected chi connectivity index (χ4v) is 5.58. The van der Waals surface area contributed by atoms with E-state index in [0.717, 1.165) is 17.8 Å². The molecule has 0 unspecified atom stereocenters. The molecule has 2 bridgehead atoms. The Morgan fingerprint density at radius 2 is 2.04 bits per heavy atom. The third-order valence-electron chi connectivity index (χ3n) is 6.16.